The molecule has 118 valence electrons. The number of rotatable bonds is 10. The summed E-state index contributed by atoms with van der Waals surface area (Å²) in [6, 6.07) is -1.19. The highest BCUT2D eigenvalue weighted by atomic mass is 16.2. The van der Waals surface area contributed by atoms with Crippen molar-refractivity contribution in [1.82, 2.24) is 10.6 Å². The van der Waals surface area contributed by atoms with Crippen LogP contribution in [0.5, 0.6) is 0 Å². The molecule has 0 saturated carbocycles. The van der Waals surface area contributed by atoms with Gasteiger partial charge >= 0.3 is 0 Å². The van der Waals surface area contributed by atoms with Crippen LogP contribution in [0, 0.1) is 0 Å². The second-order valence-electron chi connectivity index (χ2n) is 5.40. The highest BCUT2D eigenvalue weighted by Crippen LogP contribution is 2.10. The molecule has 0 spiro atoms. The molecule has 0 aromatic carbocycles. The molecule has 1 aliphatic rings. The van der Waals surface area contributed by atoms with Crippen LogP contribution in [0.4, 0.5) is 0 Å². The minimum absolute atomic E-state index is 0.131. The van der Waals surface area contributed by atoms with Gasteiger partial charge < -0.3 is 16.4 Å². The van der Waals surface area contributed by atoms with E-state index >= 15 is 0 Å². The van der Waals surface area contributed by atoms with Crippen LogP contribution in [0.3, 0.4) is 0 Å². The van der Waals surface area contributed by atoms with Crippen LogP contribution in [0.15, 0.2) is 12.7 Å². The number of carbonyl (C=O) groups is 3. The molecule has 0 aromatic rings. The molecule has 0 bridgehead atoms. The molecular formula is C15H25N3O3. The zero-order chi connectivity index (χ0) is 15.7. The van der Waals surface area contributed by atoms with Crippen molar-refractivity contribution in [2.75, 3.05) is 0 Å². The summed E-state index contributed by atoms with van der Waals surface area (Å²) in [4.78, 5) is 34.4. The number of allylic oxidation sites excluding steroid dienone is 1. The van der Waals surface area contributed by atoms with Gasteiger partial charge in [-0.3, -0.25) is 14.4 Å². The summed E-state index contributed by atoms with van der Waals surface area (Å²) < 4.78 is 0. The first-order valence-electron chi connectivity index (χ1n) is 7.54. The standard InChI is InChI=1S/C15H25N3O3/c1-2-3-4-5-6-7-8-11(14(16)20)18-15(21)12-9-10-13(19)17-12/h2,11-12H,1,3-10H2,(H2,16,20)(H,17,19)(H,18,21)/t11-,12+/m1/s1. The lowest BCUT2D eigenvalue weighted by atomic mass is 10.1. The van der Waals surface area contributed by atoms with Gasteiger partial charge in [0.1, 0.15) is 12.1 Å². The van der Waals surface area contributed by atoms with Crippen molar-refractivity contribution in [3.63, 3.8) is 0 Å². The lowest BCUT2D eigenvalue weighted by molar-refractivity contribution is -0.129. The summed E-state index contributed by atoms with van der Waals surface area (Å²) in [6.07, 6.45) is 8.24. The highest BCUT2D eigenvalue weighted by molar-refractivity contribution is 5.93. The summed E-state index contributed by atoms with van der Waals surface area (Å²) in [5.41, 5.74) is 5.32. The summed E-state index contributed by atoms with van der Waals surface area (Å²) in [5.74, 6) is -0.983. The van der Waals surface area contributed by atoms with E-state index in [4.69, 9.17) is 5.73 Å². The Kier molecular flexibility index (Phi) is 7.50. The van der Waals surface area contributed by atoms with E-state index in [0.717, 1.165) is 32.1 Å². The lowest BCUT2D eigenvalue weighted by Gasteiger charge is -2.18. The fraction of sp³-hybridized carbons (Fsp3) is 0.667. The van der Waals surface area contributed by atoms with Crippen LogP contribution in [-0.4, -0.2) is 29.8 Å². The molecule has 0 aliphatic carbocycles. The molecule has 1 heterocycles. The van der Waals surface area contributed by atoms with E-state index < -0.39 is 18.0 Å². The SMILES string of the molecule is C=CCCCCCC[C@@H](NC(=O)[C@@H]1CCC(=O)N1)C(N)=O. The van der Waals surface area contributed by atoms with Gasteiger partial charge in [-0.05, 0) is 25.7 Å². The molecule has 6 nitrogen and oxygen atoms in total. The van der Waals surface area contributed by atoms with Gasteiger partial charge in [0.25, 0.3) is 0 Å². The molecule has 1 saturated heterocycles. The van der Waals surface area contributed by atoms with Gasteiger partial charge in [-0.1, -0.05) is 25.3 Å². The number of primary amides is 1. The second kappa shape index (κ2) is 9.15. The largest absolute Gasteiger partial charge is 0.368 e. The summed E-state index contributed by atoms with van der Waals surface area (Å²) in [7, 11) is 0. The van der Waals surface area contributed by atoms with Crippen molar-refractivity contribution in [2.45, 2.75) is 63.5 Å². The first kappa shape index (κ1) is 17.2. The number of amides is 3. The first-order chi connectivity index (χ1) is 10.0. The zero-order valence-corrected chi connectivity index (χ0v) is 12.4. The Labute approximate surface area is 125 Å². The van der Waals surface area contributed by atoms with Gasteiger partial charge in [-0.2, -0.15) is 0 Å². The van der Waals surface area contributed by atoms with Gasteiger partial charge in [-0.25, -0.2) is 0 Å². The van der Waals surface area contributed by atoms with E-state index in [9.17, 15) is 14.4 Å². The van der Waals surface area contributed by atoms with E-state index in [1.165, 1.54) is 0 Å². The number of nitrogens with two attached hydrogens (primary N) is 1. The van der Waals surface area contributed by atoms with Crippen molar-refractivity contribution in [3.8, 4) is 0 Å². The fourth-order valence-electron chi connectivity index (χ4n) is 2.36. The summed E-state index contributed by atoms with van der Waals surface area (Å²) >= 11 is 0. The van der Waals surface area contributed by atoms with E-state index in [2.05, 4.69) is 17.2 Å². The highest BCUT2D eigenvalue weighted by Gasteiger charge is 2.29. The Bertz CT molecular complexity index is 396. The minimum atomic E-state index is -0.658. The molecular weight excluding hydrogens is 270 g/mol. The van der Waals surface area contributed by atoms with Crippen LogP contribution in [-0.2, 0) is 14.4 Å². The van der Waals surface area contributed by atoms with Crippen LogP contribution < -0.4 is 16.4 Å². The maximum atomic E-state index is 11.9. The number of carbonyl (C=O) groups excluding carboxylic acids is 3. The van der Waals surface area contributed by atoms with E-state index in [0.29, 0.717) is 19.3 Å². The molecule has 0 unspecified atom stereocenters. The normalized spacial score (nSPS) is 18.9. The Morgan fingerprint density at radius 3 is 2.67 bits per heavy atom. The Morgan fingerprint density at radius 1 is 1.38 bits per heavy atom. The Balaban J connectivity index is 2.29. The van der Waals surface area contributed by atoms with Gasteiger partial charge in [0.15, 0.2) is 0 Å². The molecule has 1 rings (SSSR count). The molecule has 6 heteroatoms. The van der Waals surface area contributed by atoms with Gasteiger partial charge in [0.2, 0.25) is 17.7 Å². The second-order valence-corrected chi connectivity index (χ2v) is 5.40. The predicted octanol–water partition coefficient (Wildman–Crippen LogP) is 0.762. The number of hydrogen-bond donors (Lipinski definition) is 3. The molecule has 0 radical (unpaired) electrons. The number of nitrogens with one attached hydrogen (secondary N) is 2. The van der Waals surface area contributed by atoms with Crippen molar-refractivity contribution < 1.29 is 14.4 Å². The smallest absolute Gasteiger partial charge is 0.243 e. The first-order valence-corrected chi connectivity index (χ1v) is 7.54. The lowest BCUT2D eigenvalue weighted by Crippen LogP contribution is -2.50. The summed E-state index contributed by atoms with van der Waals surface area (Å²) in [6.45, 7) is 3.67. The van der Waals surface area contributed by atoms with Crippen LogP contribution in [0.25, 0.3) is 0 Å². The molecule has 1 aliphatic heterocycles. The van der Waals surface area contributed by atoms with Gasteiger partial charge in [-0.15, -0.1) is 6.58 Å². The molecule has 4 N–H and O–H groups in total. The van der Waals surface area contributed by atoms with E-state index in [1.807, 2.05) is 6.08 Å². The van der Waals surface area contributed by atoms with Crippen LogP contribution in [0.1, 0.15) is 51.4 Å². The Hall–Kier alpha value is -1.85. The van der Waals surface area contributed by atoms with Crippen molar-refractivity contribution in [3.05, 3.63) is 12.7 Å². The average Bonchev–Trinajstić information content (AvgIpc) is 2.87. The molecule has 3 amide bonds. The maximum Gasteiger partial charge on any atom is 0.243 e. The summed E-state index contributed by atoms with van der Waals surface area (Å²) in [5, 5.41) is 5.21. The van der Waals surface area contributed by atoms with E-state index in [1.54, 1.807) is 0 Å². The zero-order valence-electron chi connectivity index (χ0n) is 12.4. The number of unbranched alkanes of at least 4 members (excludes halogenated alkanes) is 4. The topological polar surface area (TPSA) is 101 Å². The number of hydrogen-bond acceptors (Lipinski definition) is 3. The third-order valence-corrected chi connectivity index (χ3v) is 3.62. The van der Waals surface area contributed by atoms with Crippen molar-refractivity contribution in [2.24, 2.45) is 5.73 Å². The minimum Gasteiger partial charge on any atom is -0.368 e. The maximum absolute atomic E-state index is 11.9. The molecule has 0 aromatic heterocycles. The third kappa shape index (κ3) is 6.42. The van der Waals surface area contributed by atoms with Crippen LogP contribution in [0.2, 0.25) is 0 Å². The predicted molar refractivity (Wildman–Crippen MR) is 80.2 cm³/mol. The van der Waals surface area contributed by atoms with E-state index in [-0.39, 0.29) is 11.8 Å². The average molecular weight is 295 g/mol. The third-order valence-electron chi connectivity index (χ3n) is 3.62. The monoisotopic (exact) mass is 295 g/mol. The molecule has 21 heavy (non-hydrogen) atoms. The molecule has 1 fully saturated rings. The van der Waals surface area contributed by atoms with Crippen LogP contribution >= 0.6 is 0 Å². The molecule has 2 atom stereocenters. The van der Waals surface area contributed by atoms with Crippen molar-refractivity contribution >= 4 is 17.7 Å². The quantitative estimate of drug-likeness (QED) is 0.409. The Morgan fingerprint density at radius 2 is 2.10 bits per heavy atom. The van der Waals surface area contributed by atoms with Gasteiger partial charge in [0.05, 0.1) is 0 Å². The fourth-order valence-corrected chi connectivity index (χ4v) is 2.36. The van der Waals surface area contributed by atoms with Crippen molar-refractivity contribution in [1.29, 1.82) is 0 Å². The van der Waals surface area contributed by atoms with Gasteiger partial charge in [0, 0.05) is 6.42 Å².